The summed E-state index contributed by atoms with van der Waals surface area (Å²) in [6, 6.07) is -0.922. The molecular formula is C63H103NO13. The Kier molecular flexibility index (Phi) is 42.6. The first kappa shape index (κ1) is 69.5. The SMILES string of the molecule is CC/C=C\C/C=C\C/C=C\C/C=C\C/C=C\C/C=C\C/C=C\C/C=C\C/C=C\CCCCCCCCCCCC(=O)NC(COC1OC(CO)C(OC2OC(CO)C(O)C(O)C2O)C(O)C1O)C(O)/C=C/CCCCCC. The Labute approximate surface area is 463 Å². The number of rotatable bonds is 44. The minimum atomic E-state index is -1.79. The Morgan fingerprint density at radius 3 is 1.38 bits per heavy atom. The lowest BCUT2D eigenvalue weighted by Gasteiger charge is -2.46. The van der Waals surface area contributed by atoms with Crippen molar-refractivity contribution in [3.63, 3.8) is 0 Å². The van der Waals surface area contributed by atoms with E-state index in [0.29, 0.717) is 6.42 Å². The van der Waals surface area contributed by atoms with Gasteiger partial charge in [-0.2, -0.15) is 0 Å². The van der Waals surface area contributed by atoms with Gasteiger partial charge in [0.25, 0.3) is 0 Å². The van der Waals surface area contributed by atoms with Crippen molar-refractivity contribution >= 4 is 5.91 Å². The third-order valence-electron chi connectivity index (χ3n) is 13.4. The molecule has 0 radical (unpaired) electrons. The van der Waals surface area contributed by atoms with Crippen LogP contribution in [-0.2, 0) is 23.7 Å². The van der Waals surface area contributed by atoms with Crippen LogP contribution in [-0.4, -0.2) is 140 Å². The molecule has 2 aliphatic heterocycles. The molecule has 2 saturated heterocycles. The molecule has 0 spiro atoms. The normalized spacial score (nSPS) is 25.6. The van der Waals surface area contributed by atoms with Crippen molar-refractivity contribution < 1.29 is 64.6 Å². The Bertz CT molecular complexity index is 1750. The van der Waals surface area contributed by atoms with Gasteiger partial charge in [-0.05, 0) is 89.9 Å². The molecule has 0 aliphatic carbocycles. The standard InChI is InChI=1S/C63H103NO13/c1-3-5-7-9-11-12-13-14-15-16-17-18-19-20-21-22-23-24-25-26-27-28-29-30-31-32-33-34-35-36-37-38-39-40-41-43-45-47-55(68)64-51(52(67)46-44-42-10-8-6-4-2)50-74-62-60(73)58(71)61(54(49-66)76-62)77-63-59(72)57(70)56(69)53(48-65)75-63/h5,7,11-12,14-15,17-18,20-21,23-24,26-27,29-30,32-33,44,46,51-54,56-63,65-67,69-73H,3-4,6,8-10,13,16,19,22,25,28,31,34-43,45,47-50H2,1-2H3,(H,64,68)/b7-5-,12-11-,15-14-,18-17-,21-20-,24-23-,27-26-,30-29-,33-32-,46-44+. The summed E-state index contributed by atoms with van der Waals surface area (Å²) in [5.41, 5.74) is 0. The molecule has 2 heterocycles. The highest BCUT2D eigenvalue weighted by atomic mass is 16.7. The van der Waals surface area contributed by atoms with Crippen LogP contribution >= 0.6 is 0 Å². The Balaban J connectivity index is 1.58. The fraction of sp³-hybridized carbons (Fsp3) is 0.667. The molecule has 0 aromatic rings. The summed E-state index contributed by atoms with van der Waals surface area (Å²) in [6.07, 6.45) is 51.6. The lowest BCUT2D eigenvalue weighted by Crippen LogP contribution is -2.65. The van der Waals surface area contributed by atoms with Gasteiger partial charge in [0.2, 0.25) is 5.91 Å². The van der Waals surface area contributed by atoms with Crippen LogP contribution in [0.15, 0.2) is 122 Å². The number of unbranched alkanes of at least 4 members (excludes halogenated alkanes) is 13. The smallest absolute Gasteiger partial charge is 0.220 e. The topological polar surface area (TPSA) is 228 Å². The van der Waals surface area contributed by atoms with Gasteiger partial charge in [0.15, 0.2) is 12.6 Å². The average molecular weight is 1080 g/mol. The second-order valence-corrected chi connectivity index (χ2v) is 20.0. The quantitative estimate of drug-likeness (QED) is 0.0205. The molecule has 2 aliphatic rings. The summed E-state index contributed by atoms with van der Waals surface area (Å²) >= 11 is 0. The monoisotopic (exact) mass is 1080 g/mol. The van der Waals surface area contributed by atoms with Crippen molar-refractivity contribution in [3.05, 3.63) is 122 Å². The zero-order chi connectivity index (χ0) is 56.0. The number of allylic oxidation sites excluding steroid dienone is 19. The van der Waals surface area contributed by atoms with E-state index in [9.17, 15) is 45.6 Å². The molecule has 12 unspecified atom stereocenters. The van der Waals surface area contributed by atoms with E-state index in [2.05, 4.69) is 129 Å². The maximum atomic E-state index is 13.1. The van der Waals surface area contributed by atoms with Crippen molar-refractivity contribution in [2.75, 3.05) is 19.8 Å². The van der Waals surface area contributed by atoms with Gasteiger partial charge >= 0.3 is 0 Å². The first-order chi connectivity index (χ1) is 37.6. The van der Waals surface area contributed by atoms with E-state index in [1.54, 1.807) is 6.08 Å². The molecular weight excluding hydrogens is 979 g/mol. The molecule has 9 N–H and O–H groups in total. The largest absolute Gasteiger partial charge is 0.394 e. The van der Waals surface area contributed by atoms with Crippen molar-refractivity contribution in [3.8, 4) is 0 Å². The van der Waals surface area contributed by atoms with Crippen molar-refractivity contribution in [2.45, 2.75) is 248 Å². The van der Waals surface area contributed by atoms with Gasteiger partial charge in [0, 0.05) is 6.42 Å². The Morgan fingerprint density at radius 2 is 0.896 bits per heavy atom. The van der Waals surface area contributed by atoms with Gasteiger partial charge in [-0.1, -0.05) is 200 Å². The van der Waals surface area contributed by atoms with Crippen LogP contribution in [0.1, 0.15) is 174 Å². The number of hydrogen-bond acceptors (Lipinski definition) is 13. The minimum absolute atomic E-state index is 0.258. The second-order valence-electron chi connectivity index (χ2n) is 20.0. The minimum Gasteiger partial charge on any atom is -0.394 e. The van der Waals surface area contributed by atoms with Crippen molar-refractivity contribution in [1.29, 1.82) is 0 Å². The first-order valence-corrected chi connectivity index (χ1v) is 29.3. The number of hydrogen-bond donors (Lipinski definition) is 9. The number of amides is 1. The second kappa shape index (κ2) is 47.2. The zero-order valence-corrected chi connectivity index (χ0v) is 46.9. The van der Waals surface area contributed by atoms with Gasteiger partial charge in [0.05, 0.1) is 32.0 Å². The predicted molar refractivity (Wildman–Crippen MR) is 308 cm³/mol. The Morgan fingerprint density at radius 1 is 0.481 bits per heavy atom. The molecule has 12 atom stereocenters. The van der Waals surface area contributed by atoms with E-state index in [4.69, 9.17) is 18.9 Å². The van der Waals surface area contributed by atoms with Crippen LogP contribution in [0.2, 0.25) is 0 Å². The number of nitrogens with one attached hydrogen (secondary N) is 1. The maximum absolute atomic E-state index is 13.1. The summed E-state index contributed by atoms with van der Waals surface area (Å²) in [7, 11) is 0. The number of carbonyl (C=O) groups excluding carboxylic acids is 1. The molecule has 438 valence electrons. The molecule has 0 aromatic carbocycles. The van der Waals surface area contributed by atoms with Gasteiger partial charge in [-0.15, -0.1) is 0 Å². The average Bonchev–Trinajstić information content (AvgIpc) is 3.43. The molecule has 14 nitrogen and oxygen atoms in total. The molecule has 0 bridgehead atoms. The maximum Gasteiger partial charge on any atom is 0.220 e. The third-order valence-corrected chi connectivity index (χ3v) is 13.4. The van der Waals surface area contributed by atoms with Crippen LogP contribution < -0.4 is 5.32 Å². The number of aliphatic hydroxyl groups excluding tert-OH is 8. The van der Waals surface area contributed by atoms with Crippen LogP contribution in [0.4, 0.5) is 0 Å². The lowest BCUT2D eigenvalue weighted by molar-refractivity contribution is -0.359. The van der Waals surface area contributed by atoms with E-state index < -0.39 is 86.8 Å². The van der Waals surface area contributed by atoms with E-state index in [0.717, 1.165) is 116 Å². The summed E-state index contributed by atoms with van der Waals surface area (Å²) in [6.45, 7) is 2.55. The molecule has 77 heavy (non-hydrogen) atoms. The fourth-order valence-electron chi connectivity index (χ4n) is 8.69. The van der Waals surface area contributed by atoms with E-state index in [1.807, 2.05) is 6.08 Å². The molecule has 2 rings (SSSR count). The number of ether oxygens (including phenoxy) is 4. The summed E-state index contributed by atoms with van der Waals surface area (Å²) in [5.74, 6) is -0.258. The zero-order valence-electron chi connectivity index (χ0n) is 46.9. The number of aliphatic hydroxyl groups is 8. The van der Waals surface area contributed by atoms with Crippen LogP contribution in [0, 0.1) is 0 Å². The Hall–Kier alpha value is -3.61. The van der Waals surface area contributed by atoms with Crippen LogP contribution in [0.3, 0.4) is 0 Å². The van der Waals surface area contributed by atoms with Gasteiger partial charge in [-0.3, -0.25) is 4.79 Å². The van der Waals surface area contributed by atoms with Crippen LogP contribution in [0.5, 0.6) is 0 Å². The summed E-state index contributed by atoms with van der Waals surface area (Å²) in [5, 5.41) is 86.5. The van der Waals surface area contributed by atoms with Gasteiger partial charge < -0.3 is 65.1 Å². The molecule has 1 amide bonds. The van der Waals surface area contributed by atoms with E-state index in [-0.39, 0.29) is 18.9 Å². The summed E-state index contributed by atoms with van der Waals surface area (Å²) < 4.78 is 22.6. The van der Waals surface area contributed by atoms with Crippen molar-refractivity contribution in [2.24, 2.45) is 0 Å². The first-order valence-electron chi connectivity index (χ1n) is 29.3. The lowest BCUT2D eigenvalue weighted by atomic mass is 9.97. The van der Waals surface area contributed by atoms with Crippen molar-refractivity contribution in [1.82, 2.24) is 5.32 Å². The van der Waals surface area contributed by atoms with E-state index in [1.165, 1.54) is 32.1 Å². The highest BCUT2D eigenvalue weighted by molar-refractivity contribution is 5.76. The summed E-state index contributed by atoms with van der Waals surface area (Å²) in [4.78, 5) is 13.1. The van der Waals surface area contributed by atoms with Crippen LogP contribution in [0.25, 0.3) is 0 Å². The van der Waals surface area contributed by atoms with Gasteiger partial charge in [0.1, 0.15) is 48.8 Å². The highest BCUT2D eigenvalue weighted by Gasteiger charge is 2.51. The highest BCUT2D eigenvalue weighted by Crippen LogP contribution is 2.30. The fourth-order valence-corrected chi connectivity index (χ4v) is 8.69. The molecule has 2 fully saturated rings. The van der Waals surface area contributed by atoms with E-state index >= 15 is 0 Å². The molecule has 0 saturated carbocycles. The third kappa shape index (κ3) is 32.9. The molecule has 0 aromatic heterocycles. The van der Waals surface area contributed by atoms with Gasteiger partial charge in [-0.25, -0.2) is 0 Å². The molecule has 14 heteroatoms. The predicted octanol–water partition coefficient (Wildman–Crippen LogP) is 9.83. The number of carbonyl (C=O) groups is 1.